The van der Waals surface area contributed by atoms with Crippen molar-refractivity contribution in [2.75, 3.05) is 6.61 Å². The molecule has 0 spiro atoms. The van der Waals surface area contributed by atoms with Gasteiger partial charge in [-0.25, -0.2) is 0 Å². The third-order valence-electron chi connectivity index (χ3n) is 3.99. The summed E-state index contributed by atoms with van der Waals surface area (Å²) in [5.74, 6) is 1.87. The molecule has 0 bridgehead atoms. The molecular formula is C16H22O2. The highest BCUT2D eigenvalue weighted by Gasteiger charge is 2.28. The van der Waals surface area contributed by atoms with Gasteiger partial charge >= 0.3 is 0 Å². The summed E-state index contributed by atoms with van der Waals surface area (Å²) >= 11 is 0. The Labute approximate surface area is 109 Å². The summed E-state index contributed by atoms with van der Waals surface area (Å²) in [6.45, 7) is 5.00. The molecule has 0 saturated heterocycles. The first kappa shape index (κ1) is 13.1. The van der Waals surface area contributed by atoms with E-state index < -0.39 is 0 Å². The Hall–Kier alpha value is -1.31. The minimum atomic E-state index is 0.0514. The molecule has 0 saturated carbocycles. The van der Waals surface area contributed by atoms with E-state index in [1.54, 1.807) is 0 Å². The van der Waals surface area contributed by atoms with E-state index in [1.807, 2.05) is 24.3 Å². The molecule has 0 aliphatic carbocycles. The van der Waals surface area contributed by atoms with Crippen LogP contribution < -0.4 is 4.74 Å². The zero-order valence-corrected chi connectivity index (χ0v) is 11.3. The fourth-order valence-corrected chi connectivity index (χ4v) is 2.68. The van der Waals surface area contributed by atoms with Crippen LogP contribution in [0.4, 0.5) is 0 Å². The molecule has 2 rings (SSSR count). The van der Waals surface area contributed by atoms with E-state index in [4.69, 9.17) is 4.74 Å². The van der Waals surface area contributed by atoms with Crippen molar-refractivity contribution in [3.8, 4) is 5.75 Å². The molecule has 1 aromatic rings. The number of carbonyl (C=O) groups is 1. The van der Waals surface area contributed by atoms with Crippen molar-refractivity contribution in [3.05, 3.63) is 29.8 Å². The molecule has 0 radical (unpaired) electrons. The second-order valence-corrected chi connectivity index (χ2v) is 5.08. The molecule has 1 unspecified atom stereocenters. The highest BCUT2D eigenvalue weighted by atomic mass is 16.5. The quantitative estimate of drug-likeness (QED) is 0.786. The van der Waals surface area contributed by atoms with Crippen LogP contribution in [-0.4, -0.2) is 12.4 Å². The predicted molar refractivity (Wildman–Crippen MR) is 73.0 cm³/mol. The van der Waals surface area contributed by atoms with Gasteiger partial charge in [-0.3, -0.25) is 4.79 Å². The SMILES string of the molecule is CCC(CC)CC(=O)C1CCOc2ccccc21. The maximum Gasteiger partial charge on any atom is 0.140 e. The van der Waals surface area contributed by atoms with Gasteiger partial charge < -0.3 is 4.74 Å². The monoisotopic (exact) mass is 246 g/mol. The molecule has 1 heterocycles. The predicted octanol–water partition coefficient (Wildman–Crippen LogP) is 3.95. The first-order chi connectivity index (χ1) is 8.76. The summed E-state index contributed by atoms with van der Waals surface area (Å²) in [5, 5.41) is 0. The van der Waals surface area contributed by atoms with Gasteiger partial charge in [0.25, 0.3) is 0 Å². The van der Waals surface area contributed by atoms with Crippen LogP contribution in [0, 0.1) is 5.92 Å². The highest BCUT2D eigenvalue weighted by molar-refractivity contribution is 5.86. The molecule has 2 nitrogen and oxygen atoms in total. The topological polar surface area (TPSA) is 26.3 Å². The number of fused-ring (bicyclic) bond motifs is 1. The Bertz CT molecular complexity index is 407. The lowest BCUT2D eigenvalue weighted by atomic mass is 9.84. The first-order valence-electron chi connectivity index (χ1n) is 7.00. The maximum atomic E-state index is 12.4. The van der Waals surface area contributed by atoms with Crippen molar-refractivity contribution >= 4 is 5.78 Å². The smallest absolute Gasteiger partial charge is 0.140 e. The Morgan fingerprint density at radius 1 is 1.33 bits per heavy atom. The summed E-state index contributed by atoms with van der Waals surface area (Å²) in [6.07, 6.45) is 3.72. The molecule has 0 fully saturated rings. The van der Waals surface area contributed by atoms with Gasteiger partial charge in [-0.1, -0.05) is 44.9 Å². The van der Waals surface area contributed by atoms with Crippen molar-refractivity contribution in [1.29, 1.82) is 0 Å². The molecule has 1 aliphatic heterocycles. The van der Waals surface area contributed by atoms with Crippen molar-refractivity contribution in [3.63, 3.8) is 0 Å². The number of ketones is 1. The average molecular weight is 246 g/mol. The van der Waals surface area contributed by atoms with Gasteiger partial charge in [0.05, 0.1) is 6.61 Å². The standard InChI is InChI=1S/C16H22O2/c1-3-12(4-2)11-15(17)13-9-10-18-16-8-6-5-7-14(13)16/h5-8,12-13H,3-4,9-11H2,1-2H3. The number of para-hydroxylation sites is 1. The molecule has 1 aliphatic rings. The third kappa shape index (κ3) is 2.74. The van der Waals surface area contributed by atoms with Crippen molar-refractivity contribution in [2.24, 2.45) is 5.92 Å². The molecule has 18 heavy (non-hydrogen) atoms. The lowest BCUT2D eigenvalue weighted by Gasteiger charge is -2.26. The van der Waals surface area contributed by atoms with E-state index in [0.717, 1.165) is 30.6 Å². The number of ether oxygens (including phenoxy) is 1. The summed E-state index contributed by atoms with van der Waals surface area (Å²) in [4.78, 5) is 12.4. The van der Waals surface area contributed by atoms with Gasteiger partial charge in [0.1, 0.15) is 11.5 Å². The van der Waals surface area contributed by atoms with Gasteiger partial charge in [0, 0.05) is 17.9 Å². The van der Waals surface area contributed by atoms with Gasteiger partial charge in [-0.2, -0.15) is 0 Å². The largest absolute Gasteiger partial charge is 0.493 e. The fourth-order valence-electron chi connectivity index (χ4n) is 2.68. The van der Waals surface area contributed by atoms with Crippen LogP contribution in [-0.2, 0) is 4.79 Å². The molecular weight excluding hydrogens is 224 g/mol. The van der Waals surface area contributed by atoms with E-state index in [2.05, 4.69) is 13.8 Å². The van der Waals surface area contributed by atoms with Crippen LogP contribution in [0.15, 0.2) is 24.3 Å². The molecule has 2 heteroatoms. The van der Waals surface area contributed by atoms with E-state index >= 15 is 0 Å². The van der Waals surface area contributed by atoms with Gasteiger partial charge in [-0.05, 0) is 18.4 Å². The third-order valence-corrected chi connectivity index (χ3v) is 3.99. The van der Waals surface area contributed by atoms with E-state index in [1.165, 1.54) is 0 Å². The average Bonchev–Trinajstić information content (AvgIpc) is 2.43. The van der Waals surface area contributed by atoms with E-state index in [9.17, 15) is 4.79 Å². The molecule has 1 aromatic carbocycles. The molecule has 0 aromatic heterocycles. The van der Waals surface area contributed by atoms with Crippen LogP contribution in [0.25, 0.3) is 0 Å². The fraction of sp³-hybridized carbons (Fsp3) is 0.562. The number of hydrogen-bond acceptors (Lipinski definition) is 2. The van der Waals surface area contributed by atoms with Crippen molar-refractivity contribution in [1.82, 2.24) is 0 Å². The molecule has 1 atom stereocenters. The molecule has 0 amide bonds. The zero-order valence-electron chi connectivity index (χ0n) is 11.3. The van der Waals surface area contributed by atoms with Crippen LogP contribution in [0.1, 0.15) is 51.0 Å². The van der Waals surface area contributed by atoms with E-state index in [-0.39, 0.29) is 5.92 Å². The second kappa shape index (κ2) is 6.03. The summed E-state index contributed by atoms with van der Waals surface area (Å²) < 4.78 is 5.61. The normalized spacial score (nSPS) is 18.3. The number of Topliss-reactive ketones (excluding diaryl/α,β-unsaturated/α-hetero) is 1. The number of benzene rings is 1. The Morgan fingerprint density at radius 2 is 2.06 bits per heavy atom. The summed E-state index contributed by atoms with van der Waals surface area (Å²) in [6, 6.07) is 7.95. The summed E-state index contributed by atoms with van der Waals surface area (Å²) in [7, 11) is 0. The lowest BCUT2D eigenvalue weighted by Crippen LogP contribution is -2.22. The van der Waals surface area contributed by atoms with Gasteiger partial charge in [-0.15, -0.1) is 0 Å². The second-order valence-electron chi connectivity index (χ2n) is 5.08. The van der Waals surface area contributed by atoms with Gasteiger partial charge in [0.2, 0.25) is 0 Å². The van der Waals surface area contributed by atoms with Crippen LogP contribution in [0.3, 0.4) is 0 Å². The van der Waals surface area contributed by atoms with Crippen LogP contribution >= 0.6 is 0 Å². The number of carbonyl (C=O) groups excluding carboxylic acids is 1. The first-order valence-corrected chi connectivity index (χ1v) is 7.00. The lowest BCUT2D eigenvalue weighted by molar-refractivity contribution is -0.122. The van der Waals surface area contributed by atoms with Crippen molar-refractivity contribution in [2.45, 2.75) is 45.4 Å². The van der Waals surface area contributed by atoms with Crippen molar-refractivity contribution < 1.29 is 9.53 Å². The molecule has 0 N–H and O–H groups in total. The van der Waals surface area contributed by atoms with Gasteiger partial charge in [0.15, 0.2) is 0 Å². The number of hydrogen-bond donors (Lipinski definition) is 0. The maximum absolute atomic E-state index is 12.4. The minimum Gasteiger partial charge on any atom is -0.493 e. The summed E-state index contributed by atoms with van der Waals surface area (Å²) in [5.41, 5.74) is 1.08. The highest BCUT2D eigenvalue weighted by Crippen LogP contribution is 2.35. The Morgan fingerprint density at radius 3 is 2.78 bits per heavy atom. The van der Waals surface area contributed by atoms with E-state index in [0.29, 0.717) is 24.7 Å². The van der Waals surface area contributed by atoms with Crippen LogP contribution in [0.2, 0.25) is 0 Å². The van der Waals surface area contributed by atoms with Crippen LogP contribution in [0.5, 0.6) is 5.75 Å². The zero-order chi connectivity index (χ0) is 13.0. The Kier molecular flexibility index (Phi) is 4.40. The number of rotatable bonds is 5. The molecule has 98 valence electrons. The minimum absolute atomic E-state index is 0.0514. The Balaban J connectivity index is 2.12.